The second-order valence-electron chi connectivity index (χ2n) is 8.80. The van der Waals surface area contributed by atoms with E-state index in [4.69, 9.17) is 0 Å². The van der Waals surface area contributed by atoms with Crippen molar-refractivity contribution >= 4 is 23.4 Å². The molecule has 1 heterocycles. The number of likely N-dealkylation sites (tertiary alicyclic amines) is 1. The molecule has 0 bridgehead atoms. The first-order valence-electron chi connectivity index (χ1n) is 11.6. The smallest absolute Gasteiger partial charge is 0.256 e. The molecular formula is C28H28FN3O3. The molecule has 0 saturated carbocycles. The van der Waals surface area contributed by atoms with Crippen molar-refractivity contribution in [1.82, 2.24) is 9.80 Å². The van der Waals surface area contributed by atoms with Gasteiger partial charge in [0.15, 0.2) is 0 Å². The Kier molecular flexibility index (Phi) is 7.55. The predicted octanol–water partition coefficient (Wildman–Crippen LogP) is 4.13. The molecule has 35 heavy (non-hydrogen) atoms. The summed E-state index contributed by atoms with van der Waals surface area (Å²) in [5.74, 6) is -1.37. The van der Waals surface area contributed by atoms with Crippen LogP contribution in [0, 0.1) is 11.7 Å². The maximum Gasteiger partial charge on any atom is 0.256 e. The number of carbonyl (C=O) groups excluding carboxylic acids is 3. The number of anilines is 1. The molecule has 6 nitrogen and oxygen atoms in total. The van der Waals surface area contributed by atoms with Crippen molar-refractivity contribution < 1.29 is 18.8 Å². The van der Waals surface area contributed by atoms with E-state index in [0.29, 0.717) is 37.3 Å². The number of hydrogen-bond acceptors (Lipinski definition) is 3. The van der Waals surface area contributed by atoms with E-state index in [2.05, 4.69) is 5.32 Å². The number of amides is 3. The van der Waals surface area contributed by atoms with E-state index in [1.54, 1.807) is 53.2 Å². The van der Waals surface area contributed by atoms with Gasteiger partial charge in [-0.15, -0.1) is 0 Å². The van der Waals surface area contributed by atoms with Gasteiger partial charge in [-0.2, -0.15) is 0 Å². The van der Waals surface area contributed by atoms with Gasteiger partial charge in [0, 0.05) is 33.1 Å². The highest BCUT2D eigenvalue weighted by molar-refractivity contribution is 6.05. The molecule has 0 spiro atoms. The quantitative estimate of drug-likeness (QED) is 0.535. The predicted molar refractivity (Wildman–Crippen MR) is 132 cm³/mol. The second-order valence-corrected chi connectivity index (χ2v) is 8.80. The van der Waals surface area contributed by atoms with Crippen molar-refractivity contribution in [1.29, 1.82) is 0 Å². The molecule has 3 amide bonds. The number of nitrogens with zero attached hydrogens (tertiary/aromatic N) is 2. The van der Waals surface area contributed by atoms with E-state index in [1.807, 2.05) is 30.3 Å². The number of carbonyl (C=O) groups is 3. The average molecular weight is 474 g/mol. The van der Waals surface area contributed by atoms with Crippen molar-refractivity contribution in [3.05, 3.63) is 101 Å². The van der Waals surface area contributed by atoms with Gasteiger partial charge in [-0.3, -0.25) is 14.4 Å². The van der Waals surface area contributed by atoms with Crippen LogP contribution in [0.25, 0.3) is 0 Å². The van der Waals surface area contributed by atoms with E-state index >= 15 is 0 Å². The SMILES string of the molecule is CN(Cc1ccccc1)C(=O)c1ccccc1NC(=O)C1CC(=O)N(CCc2ccc(F)cc2)C1. The Morgan fingerprint density at radius 2 is 1.66 bits per heavy atom. The third kappa shape index (κ3) is 6.12. The molecule has 0 aliphatic carbocycles. The Balaban J connectivity index is 1.37. The molecule has 0 radical (unpaired) electrons. The molecule has 1 atom stereocenters. The molecule has 1 aliphatic rings. The summed E-state index contributed by atoms with van der Waals surface area (Å²) >= 11 is 0. The molecule has 1 unspecified atom stereocenters. The minimum absolute atomic E-state index is 0.0841. The highest BCUT2D eigenvalue weighted by Gasteiger charge is 2.34. The van der Waals surface area contributed by atoms with Crippen LogP contribution in [0.5, 0.6) is 0 Å². The van der Waals surface area contributed by atoms with Gasteiger partial charge in [-0.1, -0.05) is 54.6 Å². The van der Waals surface area contributed by atoms with Gasteiger partial charge >= 0.3 is 0 Å². The van der Waals surface area contributed by atoms with Crippen LogP contribution in [0.3, 0.4) is 0 Å². The summed E-state index contributed by atoms with van der Waals surface area (Å²) in [6.07, 6.45) is 0.713. The first-order valence-corrected chi connectivity index (χ1v) is 11.6. The Hall–Kier alpha value is -4.00. The van der Waals surface area contributed by atoms with Crippen LogP contribution in [0.2, 0.25) is 0 Å². The Morgan fingerprint density at radius 3 is 2.40 bits per heavy atom. The summed E-state index contributed by atoms with van der Waals surface area (Å²) < 4.78 is 13.1. The van der Waals surface area contributed by atoms with E-state index in [9.17, 15) is 18.8 Å². The van der Waals surface area contributed by atoms with Crippen molar-refractivity contribution in [2.45, 2.75) is 19.4 Å². The molecular weight excluding hydrogens is 445 g/mol. The summed E-state index contributed by atoms with van der Waals surface area (Å²) in [7, 11) is 1.72. The lowest BCUT2D eigenvalue weighted by Crippen LogP contribution is -2.31. The maximum absolute atomic E-state index is 13.1. The van der Waals surface area contributed by atoms with Gasteiger partial charge in [0.2, 0.25) is 11.8 Å². The third-order valence-electron chi connectivity index (χ3n) is 6.19. The lowest BCUT2D eigenvalue weighted by Gasteiger charge is -2.20. The Labute approximate surface area is 204 Å². The fourth-order valence-electron chi connectivity index (χ4n) is 4.23. The highest BCUT2D eigenvalue weighted by Crippen LogP contribution is 2.23. The van der Waals surface area contributed by atoms with Gasteiger partial charge in [0.1, 0.15) is 5.82 Å². The molecule has 4 rings (SSSR count). The monoisotopic (exact) mass is 473 g/mol. The fraction of sp³-hybridized carbons (Fsp3) is 0.250. The van der Waals surface area contributed by atoms with E-state index in [-0.39, 0.29) is 30.0 Å². The van der Waals surface area contributed by atoms with Crippen LogP contribution in [0.15, 0.2) is 78.9 Å². The molecule has 7 heteroatoms. The Morgan fingerprint density at radius 1 is 0.971 bits per heavy atom. The van der Waals surface area contributed by atoms with Crippen LogP contribution in [0.4, 0.5) is 10.1 Å². The molecule has 1 N–H and O–H groups in total. The molecule has 3 aromatic carbocycles. The standard InChI is InChI=1S/C28H28FN3O3/c1-31(18-21-7-3-2-4-8-21)28(35)24-9-5-6-10-25(24)30-27(34)22-17-26(33)32(19-22)16-15-20-11-13-23(29)14-12-20/h2-14,22H,15-19H2,1H3,(H,30,34). The zero-order valence-corrected chi connectivity index (χ0v) is 19.6. The highest BCUT2D eigenvalue weighted by atomic mass is 19.1. The minimum atomic E-state index is -0.499. The number of hydrogen-bond donors (Lipinski definition) is 1. The van der Waals surface area contributed by atoms with E-state index < -0.39 is 5.92 Å². The fourth-order valence-corrected chi connectivity index (χ4v) is 4.23. The van der Waals surface area contributed by atoms with Gasteiger partial charge in [-0.05, 0) is 41.8 Å². The minimum Gasteiger partial charge on any atom is -0.342 e. The molecule has 180 valence electrons. The molecule has 1 saturated heterocycles. The van der Waals surface area contributed by atoms with Crippen LogP contribution in [-0.2, 0) is 22.6 Å². The van der Waals surface area contributed by atoms with Crippen LogP contribution in [-0.4, -0.2) is 47.7 Å². The summed E-state index contributed by atoms with van der Waals surface area (Å²) in [5, 5.41) is 2.87. The van der Waals surface area contributed by atoms with Crippen LogP contribution < -0.4 is 5.32 Å². The lowest BCUT2D eigenvalue weighted by molar-refractivity contribution is -0.128. The van der Waals surface area contributed by atoms with Crippen LogP contribution >= 0.6 is 0 Å². The zero-order chi connectivity index (χ0) is 24.8. The van der Waals surface area contributed by atoms with Crippen LogP contribution in [0.1, 0.15) is 27.9 Å². The Bertz CT molecular complexity index is 1200. The van der Waals surface area contributed by atoms with Gasteiger partial charge in [-0.25, -0.2) is 4.39 Å². The zero-order valence-electron chi connectivity index (χ0n) is 19.6. The van der Waals surface area contributed by atoms with Crippen molar-refractivity contribution in [3.63, 3.8) is 0 Å². The number of halogens is 1. The summed E-state index contributed by atoms with van der Waals surface area (Å²) in [6, 6.07) is 22.8. The number of para-hydroxylation sites is 1. The summed E-state index contributed by atoms with van der Waals surface area (Å²) in [4.78, 5) is 41.9. The first-order chi connectivity index (χ1) is 16.9. The molecule has 3 aromatic rings. The van der Waals surface area contributed by atoms with Gasteiger partial charge in [0.25, 0.3) is 5.91 Å². The van der Waals surface area contributed by atoms with Crippen molar-refractivity contribution in [3.8, 4) is 0 Å². The normalized spacial score (nSPS) is 15.2. The van der Waals surface area contributed by atoms with Crippen molar-refractivity contribution in [2.75, 3.05) is 25.5 Å². The van der Waals surface area contributed by atoms with Gasteiger partial charge in [0.05, 0.1) is 17.2 Å². The van der Waals surface area contributed by atoms with E-state index in [1.165, 1.54) is 12.1 Å². The van der Waals surface area contributed by atoms with E-state index in [0.717, 1.165) is 11.1 Å². The average Bonchev–Trinajstić information content (AvgIpc) is 3.25. The third-order valence-corrected chi connectivity index (χ3v) is 6.19. The first kappa shape index (κ1) is 24.1. The summed E-state index contributed by atoms with van der Waals surface area (Å²) in [6.45, 7) is 1.23. The molecule has 0 aromatic heterocycles. The number of benzene rings is 3. The van der Waals surface area contributed by atoms with Crippen molar-refractivity contribution in [2.24, 2.45) is 5.92 Å². The largest absolute Gasteiger partial charge is 0.342 e. The van der Waals surface area contributed by atoms with Gasteiger partial charge < -0.3 is 15.1 Å². The molecule has 1 aliphatic heterocycles. The summed E-state index contributed by atoms with van der Waals surface area (Å²) in [5.41, 5.74) is 2.77. The number of nitrogens with one attached hydrogen (secondary N) is 1. The maximum atomic E-state index is 13.1. The lowest BCUT2D eigenvalue weighted by atomic mass is 10.1. The second kappa shape index (κ2) is 11.0. The molecule has 1 fully saturated rings. The topological polar surface area (TPSA) is 69.7 Å². The number of rotatable bonds is 8.